The molecule has 0 saturated heterocycles. The fraction of sp³-hybridized carbons (Fsp3) is 0.444. The van der Waals surface area contributed by atoms with Crippen LogP contribution in [0.15, 0.2) is 42.5 Å². The maximum absolute atomic E-state index is 5.96. The minimum atomic E-state index is 0.814. The smallest absolute Gasteiger partial charge is 0.127 e. The van der Waals surface area contributed by atoms with Crippen molar-refractivity contribution in [3.63, 3.8) is 0 Å². The van der Waals surface area contributed by atoms with Crippen LogP contribution in [0.3, 0.4) is 0 Å². The average molecular weight is 272 g/mol. The van der Waals surface area contributed by atoms with E-state index in [-0.39, 0.29) is 0 Å². The maximum atomic E-state index is 5.96. The molecule has 0 atom stereocenters. The van der Waals surface area contributed by atoms with Gasteiger partial charge in [0.05, 0.1) is 26.2 Å². The number of nitrogens with one attached hydrogen (secondary N) is 1. The molecule has 2 aromatic carbocycles. The Labute approximate surface area is 122 Å². The second-order valence-corrected chi connectivity index (χ2v) is 5.24. The van der Waals surface area contributed by atoms with Crippen LogP contribution in [0.2, 0.25) is 0 Å². The van der Waals surface area contributed by atoms with Crippen LogP contribution in [-0.2, 0) is 0 Å². The summed E-state index contributed by atoms with van der Waals surface area (Å²) in [6, 6.07) is 14.7. The minimum Gasteiger partial charge on any atom is -0.493 e. The zero-order valence-electron chi connectivity index (χ0n) is 12.7. The summed E-state index contributed by atoms with van der Waals surface area (Å²) in [5, 5.41) is 2.46. The highest BCUT2D eigenvalue weighted by Gasteiger charge is 2.03. The molecule has 0 bridgehead atoms. The minimum absolute atomic E-state index is 0.814. The van der Waals surface area contributed by atoms with Crippen LogP contribution in [0.1, 0.15) is 26.7 Å². The third-order valence-corrected chi connectivity index (χ3v) is 3.93. The second kappa shape index (κ2) is 7.91. The quantitative estimate of drug-likeness (QED) is 0.730. The van der Waals surface area contributed by atoms with E-state index in [9.17, 15) is 0 Å². The molecule has 0 unspecified atom stereocenters. The van der Waals surface area contributed by atoms with E-state index in [1.54, 1.807) is 4.90 Å². The number of fused-ring (bicyclic) bond motifs is 1. The molecule has 0 aliphatic rings. The van der Waals surface area contributed by atoms with Crippen LogP contribution < -0.4 is 9.64 Å². The second-order valence-electron chi connectivity index (χ2n) is 5.24. The lowest BCUT2D eigenvalue weighted by Gasteiger charge is -2.15. The first kappa shape index (κ1) is 14.9. The highest BCUT2D eigenvalue weighted by molar-refractivity contribution is 5.88. The molecule has 2 rings (SSSR count). The lowest BCUT2D eigenvalue weighted by molar-refractivity contribution is -0.896. The Balaban J connectivity index is 1.81. The molecule has 2 nitrogen and oxygen atoms in total. The van der Waals surface area contributed by atoms with Gasteiger partial charge in [0.15, 0.2) is 0 Å². The van der Waals surface area contributed by atoms with Crippen molar-refractivity contribution in [3.05, 3.63) is 42.5 Å². The average Bonchev–Trinajstić information content (AvgIpc) is 2.51. The summed E-state index contributed by atoms with van der Waals surface area (Å²) in [6.07, 6.45) is 2.37. The van der Waals surface area contributed by atoms with Crippen molar-refractivity contribution in [1.29, 1.82) is 0 Å². The zero-order chi connectivity index (χ0) is 14.2. The monoisotopic (exact) mass is 272 g/mol. The Morgan fingerprint density at radius 3 is 2.45 bits per heavy atom. The van der Waals surface area contributed by atoms with Crippen LogP contribution in [0, 0.1) is 0 Å². The highest BCUT2D eigenvalue weighted by Crippen LogP contribution is 2.25. The third-order valence-electron chi connectivity index (χ3n) is 3.93. The fourth-order valence-corrected chi connectivity index (χ4v) is 2.58. The molecule has 0 fully saturated rings. The zero-order valence-corrected chi connectivity index (χ0v) is 12.7. The first-order valence-electron chi connectivity index (χ1n) is 7.79. The lowest BCUT2D eigenvalue weighted by Crippen LogP contribution is -3.11. The molecule has 0 saturated carbocycles. The summed E-state index contributed by atoms with van der Waals surface area (Å²) >= 11 is 0. The van der Waals surface area contributed by atoms with Gasteiger partial charge in [-0.05, 0) is 38.1 Å². The number of rotatable bonds is 8. The van der Waals surface area contributed by atoms with Gasteiger partial charge >= 0.3 is 0 Å². The molecule has 0 amide bonds. The van der Waals surface area contributed by atoms with E-state index in [1.807, 2.05) is 0 Å². The Kier molecular flexibility index (Phi) is 5.87. The molecule has 0 aliphatic carbocycles. The number of ether oxygens (including phenoxy) is 1. The fourth-order valence-electron chi connectivity index (χ4n) is 2.58. The molecule has 0 aliphatic heterocycles. The summed E-state index contributed by atoms with van der Waals surface area (Å²) in [7, 11) is 0. The van der Waals surface area contributed by atoms with Crippen LogP contribution in [0.4, 0.5) is 0 Å². The largest absolute Gasteiger partial charge is 0.493 e. The molecule has 0 radical (unpaired) electrons. The van der Waals surface area contributed by atoms with Gasteiger partial charge in [0, 0.05) is 5.39 Å². The number of hydrogen-bond donors (Lipinski definition) is 1. The van der Waals surface area contributed by atoms with Crippen LogP contribution >= 0.6 is 0 Å². The van der Waals surface area contributed by atoms with Crippen molar-refractivity contribution >= 4 is 10.8 Å². The molecule has 2 heteroatoms. The normalized spacial score (nSPS) is 11.2. The van der Waals surface area contributed by atoms with Crippen molar-refractivity contribution in [2.75, 3.05) is 26.2 Å². The Bertz CT molecular complexity index is 514. The van der Waals surface area contributed by atoms with Crippen molar-refractivity contribution in [1.82, 2.24) is 0 Å². The van der Waals surface area contributed by atoms with Crippen molar-refractivity contribution in [2.24, 2.45) is 0 Å². The van der Waals surface area contributed by atoms with Crippen LogP contribution in [0.5, 0.6) is 5.75 Å². The Hall–Kier alpha value is -1.54. The SMILES string of the molecule is CC[NH+](CC)CCCCOc1cccc2ccccc12. The van der Waals surface area contributed by atoms with Crippen LogP contribution in [-0.4, -0.2) is 26.2 Å². The van der Waals surface area contributed by atoms with Gasteiger partial charge in [-0.1, -0.05) is 36.4 Å². The summed E-state index contributed by atoms with van der Waals surface area (Å²) < 4.78 is 5.96. The summed E-state index contributed by atoms with van der Waals surface area (Å²) in [5.41, 5.74) is 0. The predicted octanol–water partition coefficient (Wildman–Crippen LogP) is 2.92. The van der Waals surface area contributed by atoms with E-state index in [4.69, 9.17) is 4.74 Å². The molecule has 2 aromatic rings. The Morgan fingerprint density at radius 2 is 1.65 bits per heavy atom. The number of quaternary nitrogens is 1. The van der Waals surface area contributed by atoms with Crippen molar-refractivity contribution in [3.8, 4) is 5.75 Å². The van der Waals surface area contributed by atoms with Gasteiger partial charge in [0.1, 0.15) is 5.75 Å². The Morgan fingerprint density at radius 1 is 0.900 bits per heavy atom. The maximum Gasteiger partial charge on any atom is 0.127 e. The topological polar surface area (TPSA) is 13.7 Å². The van der Waals surface area contributed by atoms with E-state index >= 15 is 0 Å². The van der Waals surface area contributed by atoms with E-state index in [1.165, 1.54) is 36.8 Å². The van der Waals surface area contributed by atoms with Gasteiger partial charge in [0.2, 0.25) is 0 Å². The molecule has 0 spiro atoms. The summed E-state index contributed by atoms with van der Waals surface area (Å²) in [5.74, 6) is 1.01. The molecule has 0 aromatic heterocycles. The lowest BCUT2D eigenvalue weighted by atomic mass is 10.1. The van der Waals surface area contributed by atoms with Crippen molar-refractivity contribution < 1.29 is 9.64 Å². The van der Waals surface area contributed by atoms with E-state index in [0.717, 1.165) is 18.8 Å². The molecular weight excluding hydrogens is 246 g/mol. The molecule has 108 valence electrons. The van der Waals surface area contributed by atoms with Gasteiger partial charge in [-0.3, -0.25) is 0 Å². The summed E-state index contributed by atoms with van der Waals surface area (Å²) in [4.78, 5) is 1.68. The standard InChI is InChI=1S/C18H25NO/c1-3-19(4-2)14-7-8-15-20-18-13-9-11-16-10-5-6-12-17(16)18/h5-6,9-13H,3-4,7-8,14-15H2,1-2H3/p+1. The highest BCUT2D eigenvalue weighted by atomic mass is 16.5. The number of hydrogen-bond acceptors (Lipinski definition) is 1. The van der Waals surface area contributed by atoms with Gasteiger partial charge < -0.3 is 9.64 Å². The van der Waals surface area contributed by atoms with E-state index in [2.05, 4.69) is 56.3 Å². The number of benzene rings is 2. The predicted molar refractivity (Wildman–Crippen MR) is 85.6 cm³/mol. The molecular formula is C18H26NO+. The number of unbranched alkanes of at least 4 members (excludes halogenated alkanes) is 1. The third kappa shape index (κ3) is 3.97. The molecule has 1 N–H and O–H groups in total. The van der Waals surface area contributed by atoms with Gasteiger partial charge in [-0.15, -0.1) is 0 Å². The van der Waals surface area contributed by atoms with Crippen LogP contribution in [0.25, 0.3) is 10.8 Å². The van der Waals surface area contributed by atoms with Gasteiger partial charge in [-0.25, -0.2) is 0 Å². The van der Waals surface area contributed by atoms with E-state index in [0.29, 0.717) is 0 Å². The van der Waals surface area contributed by atoms with E-state index < -0.39 is 0 Å². The van der Waals surface area contributed by atoms with Gasteiger partial charge in [-0.2, -0.15) is 0 Å². The molecule has 20 heavy (non-hydrogen) atoms. The van der Waals surface area contributed by atoms with Gasteiger partial charge in [0.25, 0.3) is 0 Å². The summed E-state index contributed by atoms with van der Waals surface area (Å²) in [6.45, 7) is 9.03. The van der Waals surface area contributed by atoms with Crippen molar-refractivity contribution in [2.45, 2.75) is 26.7 Å². The first-order chi connectivity index (χ1) is 9.85. The molecule has 0 heterocycles. The first-order valence-corrected chi connectivity index (χ1v) is 7.79.